The minimum Gasteiger partial charge on any atom is -0.308 e. The molecular formula is C11H19N3S. The van der Waals surface area contributed by atoms with Crippen molar-refractivity contribution in [1.82, 2.24) is 15.5 Å². The van der Waals surface area contributed by atoms with Gasteiger partial charge in [0.25, 0.3) is 0 Å². The Kier molecular flexibility index (Phi) is 3.70. The SMILES string of the molecule is CCNC(C)c1nnc(CC2CCC2)s1. The second kappa shape index (κ2) is 5.03. The minimum atomic E-state index is 0.350. The van der Waals surface area contributed by atoms with Crippen LogP contribution >= 0.6 is 11.3 Å². The van der Waals surface area contributed by atoms with Crippen LogP contribution in [-0.2, 0) is 6.42 Å². The average Bonchev–Trinajstić information content (AvgIpc) is 2.60. The summed E-state index contributed by atoms with van der Waals surface area (Å²) < 4.78 is 0. The Morgan fingerprint density at radius 3 is 2.87 bits per heavy atom. The molecule has 84 valence electrons. The van der Waals surface area contributed by atoms with Gasteiger partial charge in [-0.1, -0.05) is 37.5 Å². The summed E-state index contributed by atoms with van der Waals surface area (Å²) in [6, 6.07) is 0.350. The maximum atomic E-state index is 4.27. The second-order valence-corrected chi connectivity index (χ2v) is 5.41. The van der Waals surface area contributed by atoms with Gasteiger partial charge in [-0.05, 0) is 19.4 Å². The van der Waals surface area contributed by atoms with Gasteiger partial charge in [0.15, 0.2) is 0 Å². The summed E-state index contributed by atoms with van der Waals surface area (Å²) in [6.45, 7) is 5.25. The molecule has 2 rings (SSSR count). The Bertz CT molecular complexity index is 307. The largest absolute Gasteiger partial charge is 0.308 e. The molecule has 1 heterocycles. The van der Waals surface area contributed by atoms with E-state index in [0.29, 0.717) is 6.04 Å². The fraction of sp³-hybridized carbons (Fsp3) is 0.818. The quantitative estimate of drug-likeness (QED) is 0.837. The van der Waals surface area contributed by atoms with E-state index >= 15 is 0 Å². The Morgan fingerprint density at radius 1 is 1.47 bits per heavy atom. The molecule has 1 fully saturated rings. The van der Waals surface area contributed by atoms with Crippen LogP contribution in [0.15, 0.2) is 0 Å². The van der Waals surface area contributed by atoms with Crippen molar-refractivity contribution < 1.29 is 0 Å². The van der Waals surface area contributed by atoms with Crippen molar-refractivity contribution in [2.75, 3.05) is 6.54 Å². The molecule has 0 aromatic carbocycles. The van der Waals surface area contributed by atoms with E-state index in [1.54, 1.807) is 11.3 Å². The lowest BCUT2D eigenvalue weighted by Crippen LogP contribution is -2.17. The van der Waals surface area contributed by atoms with Crippen LogP contribution in [0.5, 0.6) is 0 Å². The molecule has 1 atom stereocenters. The zero-order valence-electron chi connectivity index (χ0n) is 9.49. The minimum absolute atomic E-state index is 0.350. The summed E-state index contributed by atoms with van der Waals surface area (Å²) in [4.78, 5) is 0. The zero-order valence-corrected chi connectivity index (χ0v) is 10.3. The fourth-order valence-corrected chi connectivity index (χ4v) is 2.85. The maximum Gasteiger partial charge on any atom is 0.134 e. The van der Waals surface area contributed by atoms with Crippen LogP contribution in [0.1, 0.15) is 49.2 Å². The van der Waals surface area contributed by atoms with Gasteiger partial charge in [-0.2, -0.15) is 0 Å². The van der Waals surface area contributed by atoms with Crippen LogP contribution in [0, 0.1) is 5.92 Å². The average molecular weight is 225 g/mol. The molecule has 1 aromatic heterocycles. The standard InChI is InChI=1S/C11H19N3S/c1-3-12-8(2)11-14-13-10(15-11)7-9-5-4-6-9/h8-9,12H,3-7H2,1-2H3. The van der Waals surface area contributed by atoms with Crippen LogP contribution in [0.25, 0.3) is 0 Å². The summed E-state index contributed by atoms with van der Waals surface area (Å²) in [5.74, 6) is 0.889. The van der Waals surface area contributed by atoms with E-state index in [-0.39, 0.29) is 0 Å². The molecule has 0 amide bonds. The predicted octanol–water partition coefficient (Wildman–Crippen LogP) is 2.55. The lowest BCUT2D eigenvalue weighted by atomic mass is 9.83. The summed E-state index contributed by atoms with van der Waals surface area (Å²) in [6.07, 6.45) is 5.33. The summed E-state index contributed by atoms with van der Waals surface area (Å²) in [5.41, 5.74) is 0. The fourth-order valence-electron chi connectivity index (χ4n) is 1.86. The maximum absolute atomic E-state index is 4.27. The van der Waals surface area contributed by atoms with Crippen molar-refractivity contribution >= 4 is 11.3 Å². The van der Waals surface area contributed by atoms with E-state index in [1.165, 1.54) is 24.3 Å². The van der Waals surface area contributed by atoms with E-state index < -0.39 is 0 Å². The highest BCUT2D eigenvalue weighted by Gasteiger charge is 2.20. The number of hydrogen-bond acceptors (Lipinski definition) is 4. The lowest BCUT2D eigenvalue weighted by Gasteiger charge is -2.23. The lowest BCUT2D eigenvalue weighted by molar-refractivity contribution is 0.313. The Hall–Kier alpha value is -0.480. The Morgan fingerprint density at radius 2 is 2.27 bits per heavy atom. The van der Waals surface area contributed by atoms with Crippen LogP contribution in [-0.4, -0.2) is 16.7 Å². The van der Waals surface area contributed by atoms with Gasteiger partial charge in [-0.3, -0.25) is 0 Å². The van der Waals surface area contributed by atoms with Crippen molar-refractivity contribution in [3.63, 3.8) is 0 Å². The smallest absolute Gasteiger partial charge is 0.134 e. The van der Waals surface area contributed by atoms with E-state index in [1.807, 2.05) is 0 Å². The molecule has 0 aliphatic heterocycles. The van der Waals surface area contributed by atoms with Crippen molar-refractivity contribution in [2.45, 2.75) is 45.6 Å². The van der Waals surface area contributed by atoms with Gasteiger partial charge < -0.3 is 5.32 Å². The van der Waals surface area contributed by atoms with Crippen molar-refractivity contribution in [1.29, 1.82) is 0 Å². The first-order chi connectivity index (χ1) is 7.29. The summed E-state index contributed by atoms with van der Waals surface area (Å²) in [5, 5.41) is 14.2. The molecule has 1 unspecified atom stereocenters. The molecular weight excluding hydrogens is 206 g/mol. The third-order valence-electron chi connectivity index (χ3n) is 3.05. The summed E-state index contributed by atoms with van der Waals surface area (Å²) >= 11 is 1.77. The third-order valence-corrected chi connectivity index (χ3v) is 4.18. The van der Waals surface area contributed by atoms with Gasteiger partial charge in [0.1, 0.15) is 10.0 Å². The highest BCUT2D eigenvalue weighted by molar-refractivity contribution is 7.11. The van der Waals surface area contributed by atoms with Crippen molar-refractivity contribution in [3.05, 3.63) is 10.0 Å². The molecule has 0 spiro atoms. The molecule has 15 heavy (non-hydrogen) atoms. The third kappa shape index (κ3) is 2.75. The number of nitrogens with zero attached hydrogens (tertiary/aromatic N) is 2. The topological polar surface area (TPSA) is 37.8 Å². The van der Waals surface area contributed by atoms with Crippen molar-refractivity contribution in [2.24, 2.45) is 5.92 Å². The molecule has 3 nitrogen and oxygen atoms in total. The number of rotatable bonds is 5. The summed E-state index contributed by atoms with van der Waals surface area (Å²) in [7, 11) is 0. The predicted molar refractivity (Wildman–Crippen MR) is 63.0 cm³/mol. The van der Waals surface area contributed by atoms with Crippen LogP contribution in [0.2, 0.25) is 0 Å². The van der Waals surface area contributed by atoms with Crippen LogP contribution < -0.4 is 5.32 Å². The molecule has 1 aliphatic rings. The second-order valence-electron chi connectivity index (χ2n) is 4.31. The Labute approximate surface area is 95.3 Å². The highest BCUT2D eigenvalue weighted by atomic mass is 32.1. The van der Waals surface area contributed by atoms with Crippen LogP contribution in [0.4, 0.5) is 0 Å². The molecule has 0 saturated heterocycles. The molecule has 4 heteroatoms. The van der Waals surface area contributed by atoms with Gasteiger partial charge in [-0.25, -0.2) is 0 Å². The normalized spacial score (nSPS) is 18.8. The van der Waals surface area contributed by atoms with Crippen LogP contribution in [0.3, 0.4) is 0 Å². The molecule has 1 aliphatic carbocycles. The first kappa shape index (κ1) is 11.0. The number of hydrogen-bond donors (Lipinski definition) is 1. The monoisotopic (exact) mass is 225 g/mol. The first-order valence-electron chi connectivity index (χ1n) is 5.85. The van der Waals surface area contributed by atoms with Gasteiger partial charge in [0.2, 0.25) is 0 Å². The molecule has 1 aromatic rings. The van der Waals surface area contributed by atoms with Crippen molar-refractivity contribution in [3.8, 4) is 0 Å². The molecule has 1 saturated carbocycles. The van der Waals surface area contributed by atoms with Gasteiger partial charge in [-0.15, -0.1) is 10.2 Å². The van der Waals surface area contributed by atoms with E-state index in [4.69, 9.17) is 0 Å². The number of aromatic nitrogens is 2. The molecule has 1 N–H and O–H groups in total. The van der Waals surface area contributed by atoms with Gasteiger partial charge in [0.05, 0.1) is 6.04 Å². The van der Waals surface area contributed by atoms with E-state index in [9.17, 15) is 0 Å². The molecule has 0 radical (unpaired) electrons. The Balaban J connectivity index is 1.90. The van der Waals surface area contributed by atoms with E-state index in [0.717, 1.165) is 23.9 Å². The number of nitrogens with one attached hydrogen (secondary N) is 1. The van der Waals surface area contributed by atoms with Gasteiger partial charge in [0, 0.05) is 6.42 Å². The molecule has 0 bridgehead atoms. The first-order valence-corrected chi connectivity index (χ1v) is 6.67. The zero-order chi connectivity index (χ0) is 10.7. The van der Waals surface area contributed by atoms with Gasteiger partial charge >= 0.3 is 0 Å². The highest BCUT2D eigenvalue weighted by Crippen LogP contribution is 2.31. The van der Waals surface area contributed by atoms with E-state index in [2.05, 4.69) is 29.4 Å².